The summed E-state index contributed by atoms with van der Waals surface area (Å²) in [5, 5.41) is 13.1. The van der Waals surface area contributed by atoms with E-state index in [1.54, 1.807) is 0 Å². The lowest BCUT2D eigenvalue weighted by Gasteiger charge is -2.21. The van der Waals surface area contributed by atoms with Gasteiger partial charge >= 0.3 is 0 Å². The van der Waals surface area contributed by atoms with Crippen molar-refractivity contribution in [3.05, 3.63) is 28.7 Å². The zero-order valence-corrected chi connectivity index (χ0v) is 14.1. The van der Waals surface area contributed by atoms with Crippen LogP contribution in [0, 0.1) is 0 Å². The Morgan fingerprint density at radius 2 is 1.95 bits per heavy atom. The lowest BCUT2D eigenvalue weighted by Crippen LogP contribution is -2.37. The Labute approximate surface area is 130 Å². The van der Waals surface area contributed by atoms with Crippen molar-refractivity contribution in [2.75, 3.05) is 33.3 Å². The van der Waals surface area contributed by atoms with Gasteiger partial charge in [-0.2, -0.15) is 0 Å². The van der Waals surface area contributed by atoms with Crippen molar-refractivity contribution in [1.82, 2.24) is 10.2 Å². The van der Waals surface area contributed by atoms with Crippen molar-refractivity contribution in [1.29, 1.82) is 0 Å². The van der Waals surface area contributed by atoms with Gasteiger partial charge in [0, 0.05) is 30.1 Å². The molecule has 1 aromatic carbocycles. The second kappa shape index (κ2) is 9.34. The van der Waals surface area contributed by atoms with Gasteiger partial charge in [0.1, 0.15) is 18.5 Å². The second-order valence-electron chi connectivity index (χ2n) is 5.20. The molecule has 1 aromatic rings. The molecule has 0 aliphatic heterocycles. The van der Waals surface area contributed by atoms with Crippen LogP contribution >= 0.6 is 15.9 Å². The zero-order chi connectivity index (χ0) is 15.0. The van der Waals surface area contributed by atoms with E-state index in [1.807, 2.05) is 24.3 Å². The van der Waals surface area contributed by atoms with Crippen LogP contribution in [0.1, 0.15) is 13.8 Å². The van der Waals surface area contributed by atoms with E-state index in [1.165, 1.54) is 0 Å². The maximum Gasteiger partial charge on any atom is 0.119 e. The van der Waals surface area contributed by atoms with Crippen LogP contribution in [0.2, 0.25) is 0 Å². The second-order valence-corrected chi connectivity index (χ2v) is 6.11. The predicted octanol–water partition coefficient (Wildman–Crippen LogP) is 2.12. The minimum absolute atomic E-state index is 0.300. The average molecular weight is 345 g/mol. The lowest BCUT2D eigenvalue weighted by atomic mass is 10.3. The van der Waals surface area contributed by atoms with Crippen molar-refractivity contribution < 1.29 is 9.84 Å². The van der Waals surface area contributed by atoms with Crippen molar-refractivity contribution in [2.24, 2.45) is 0 Å². The zero-order valence-electron chi connectivity index (χ0n) is 12.5. The van der Waals surface area contributed by atoms with Gasteiger partial charge in [0.25, 0.3) is 0 Å². The molecule has 0 amide bonds. The molecule has 20 heavy (non-hydrogen) atoms. The SMILES string of the molecule is CC(C)N(C)CCNCC(O)COc1ccc(Br)cc1. The fourth-order valence-corrected chi connectivity index (χ4v) is 1.83. The molecule has 0 aliphatic rings. The van der Waals surface area contributed by atoms with Gasteiger partial charge in [-0.05, 0) is 45.2 Å². The summed E-state index contributed by atoms with van der Waals surface area (Å²) >= 11 is 3.37. The van der Waals surface area contributed by atoms with Gasteiger partial charge in [-0.15, -0.1) is 0 Å². The molecule has 5 heteroatoms. The molecule has 114 valence electrons. The number of aliphatic hydroxyl groups excluding tert-OH is 1. The number of nitrogens with one attached hydrogen (secondary N) is 1. The first-order valence-electron chi connectivity index (χ1n) is 6.96. The first kappa shape index (κ1) is 17.4. The number of nitrogens with zero attached hydrogens (tertiary/aromatic N) is 1. The van der Waals surface area contributed by atoms with Gasteiger partial charge in [0.15, 0.2) is 0 Å². The van der Waals surface area contributed by atoms with Crippen LogP contribution in [0.3, 0.4) is 0 Å². The molecule has 2 N–H and O–H groups in total. The van der Waals surface area contributed by atoms with Crippen LogP contribution in [-0.4, -0.2) is 55.4 Å². The van der Waals surface area contributed by atoms with Crippen LogP contribution < -0.4 is 10.1 Å². The molecule has 0 aromatic heterocycles. The van der Waals surface area contributed by atoms with Gasteiger partial charge in [0.2, 0.25) is 0 Å². The Morgan fingerprint density at radius 1 is 1.30 bits per heavy atom. The summed E-state index contributed by atoms with van der Waals surface area (Å²) in [6.45, 7) is 7.01. The molecule has 0 fully saturated rings. The maximum absolute atomic E-state index is 9.83. The maximum atomic E-state index is 9.83. The Bertz CT molecular complexity index is 371. The highest BCUT2D eigenvalue weighted by atomic mass is 79.9. The number of benzene rings is 1. The van der Waals surface area contributed by atoms with Crippen LogP contribution in [0.5, 0.6) is 5.75 Å². The number of aliphatic hydroxyl groups is 1. The van der Waals surface area contributed by atoms with E-state index in [4.69, 9.17) is 4.74 Å². The molecular weight excluding hydrogens is 320 g/mol. The molecule has 0 aliphatic carbocycles. The first-order valence-corrected chi connectivity index (χ1v) is 7.75. The molecule has 0 saturated heterocycles. The smallest absolute Gasteiger partial charge is 0.119 e. The Kier molecular flexibility index (Phi) is 8.14. The predicted molar refractivity (Wildman–Crippen MR) is 86.3 cm³/mol. The van der Waals surface area contributed by atoms with E-state index in [9.17, 15) is 5.11 Å². The number of likely N-dealkylation sites (N-methyl/N-ethyl adjacent to an activating group) is 1. The fourth-order valence-electron chi connectivity index (χ4n) is 1.56. The summed E-state index contributed by atoms with van der Waals surface area (Å²) in [4.78, 5) is 2.26. The quantitative estimate of drug-likeness (QED) is 0.673. The Morgan fingerprint density at radius 3 is 2.55 bits per heavy atom. The normalized spacial score (nSPS) is 12.9. The van der Waals surface area contributed by atoms with E-state index in [-0.39, 0.29) is 0 Å². The van der Waals surface area contributed by atoms with Crippen molar-refractivity contribution in [3.8, 4) is 5.75 Å². The van der Waals surface area contributed by atoms with E-state index in [0.717, 1.165) is 23.3 Å². The number of ether oxygens (including phenoxy) is 1. The number of rotatable bonds is 9. The molecule has 1 unspecified atom stereocenters. The number of hydrogen-bond acceptors (Lipinski definition) is 4. The van der Waals surface area contributed by atoms with E-state index >= 15 is 0 Å². The summed E-state index contributed by atoms with van der Waals surface area (Å²) < 4.78 is 6.53. The van der Waals surface area contributed by atoms with E-state index in [0.29, 0.717) is 19.2 Å². The standard InChI is InChI=1S/C15H25BrN2O2/c1-12(2)18(3)9-8-17-10-14(19)11-20-15-6-4-13(16)5-7-15/h4-7,12,14,17,19H,8-11H2,1-3H3. The third-order valence-corrected chi connectivity index (χ3v) is 3.69. The van der Waals surface area contributed by atoms with Crippen LogP contribution in [-0.2, 0) is 0 Å². The first-order chi connectivity index (χ1) is 9.49. The Balaban J connectivity index is 2.11. The van der Waals surface area contributed by atoms with E-state index in [2.05, 4.69) is 47.0 Å². The summed E-state index contributed by atoms with van der Waals surface area (Å²) in [7, 11) is 2.10. The molecule has 0 radical (unpaired) electrons. The molecule has 0 heterocycles. The molecule has 1 rings (SSSR count). The molecule has 0 spiro atoms. The van der Waals surface area contributed by atoms with Crippen molar-refractivity contribution in [2.45, 2.75) is 26.0 Å². The molecular formula is C15H25BrN2O2. The molecule has 1 atom stereocenters. The Hall–Kier alpha value is -0.620. The van der Waals surface area contributed by atoms with Gasteiger partial charge < -0.3 is 20.1 Å². The molecule has 4 nitrogen and oxygen atoms in total. The minimum Gasteiger partial charge on any atom is -0.491 e. The van der Waals surface area contributed by atoms with Gasteiger partial charge in [-0.25, -0.2) is 0 Å². The van der Waals surface area contributed by atoms with Crippen molar-refractivity contribution in [3.63, 3.8) is 0 Å². The highest BCUT2D eigenvalue weighted by Crippen LogP contribution is 2.16. The summed E-state index contributed by atoms with van der Waals surface area (Å²) in [5.74, 6) is 0.770. The number of hydrogen-bond donors (Lipinski definition) is 2. The van der Waals surface area contributed by atoms with Gasteiger partial charge in [-0.1, -0.05) is 15.9 Å². The topological polar surface area (TPSA) is 44.7 Å². The van der Waals surface area contributed by atoms with Crippen LogP contribution in [0.25, 0.3) is 0 Å². The highest BCUT2D eigenvalue weighted by Gasteiger charge is 2.06. The molecule has 0 bridgehead atoms. The van der Waals surface area contributed by atoms with Crippen molar-refractivity contribution >= 4 is 15.9 Å². The van der Waals surface area contributed by atoms with E-state index < -0.39 is 6.10 Å². The van der Waals surface area contributed by atoms with Gasteiger partial charge in [-0.3, -0.25) is 0 Å². The summed E-state index contributed by atoms with van der Waals surface area (Å²) in [6.07, 6.45) is -0.497. The molecule has 0 saturated carbocycles. The number of halogens is 1. The summed E-state index contributed by atoms with van der Waals surface area (Å²) in [6, 6.07) is 8.13. The largest absolute Gasteiger partial charge is 0.491 e. The lowest BCUT2D eigenvalue weighted by molar-refractivity contribution is 0.105. The average Bonchev–Trinajstić information content (AvgIpc) is 2.42. The fraction of sp³-hybridized carbons (Fsp3) is 0.600. The highest BCUT2D eigenvalue weighted by molar-refractivity contribution is 9.10. The van der Waals surface area contributed by atoms with Crippen LogP contribution in [0.15, 0.2) is 28.7 Å². The van der Waals surface area contributed by atoms with Crippen LogP contribution in [0.4, 0.5) is 0 Å². The third kappa shape index (κ3) is 7.24. The third-order valence-electron chi connectivity index (χ3n) is 3.16. The summed E-state index contributed by atoms with van der Waals surface area (Å²) in [5.41, 5.74) is 0. The monoisotopic (exact) mass is 344 g/mol. The van der Waals surface area contributed by atoms with Gasteiger partial charge in [0.05, 0.1) is 0 Å². The minimum atomic E-state index is -0.497.